The van der Waals surface area contributed by atoms with Crippen molar-refractivity contribution >= 4 is 17.3 Å². The van der Waals surface area contributed by atoms with E-state index in [1.807, 2.05) is 24.3 Å². The molecule has 0 aliphatic carbocycles. The molecule has 0 saturated heterocycles. The number of rotatable bonds is 6. The third kappa shape index (κ3) is 3.85. The van der Waals surface area contributed by atoms with Crippen LogP contribution in [-0.4, -0.2) is 30.7 Å². The molecule has 78 valence electrons. The third-order valence-electron chi connectivity index (χ3n) is 1.64. The Morgan fingerprint density at radius 3 is 2.57 bits per heavy atom. The average molecular weight is 216 g/mol. The van der Waals surface area contributed by atoms with Crippen LogP contribution in [0.5, 0.6) is 5.75 Å². The van der Waals surface area contributed by atoms with Crippen molar-refractivity contribution in [1.82, 2.24) is 0 Å². The van der Waals surface area contributed by atoms with Gasteiger partial charge < -0.3 is 15.2 Å². The first-order chi connectivity index (χ1) is 6.86. The zero-order valence-electron chi connectivity index (χ0n) is 7.87. The molecule has 4 heteroatoms. The van der Waals surface area contributed by atoms with Crippen LogP contribution in [0.1, 0.15) is 0 Å². The van der Waals surface area contributed by atoms with Gasteiger partial charge in [-0.2, -0.15) is 0 Å². The zero-order valence-corrected chi connectivity index (χ0v) is 8.63. The van der Waals surface area contributed by atoms with Gasteiger partial charge in [-0.15, -0.1) is 11.6 Å². The number of aliphatic hydroxyl groups is 1. The molecule has 0 heterocycles. The van der Waals surface area contributed by atoms with Gasteiger partial charge in [-0.1, -0.05) is 0 Å². The van der Waals surface area contributed by atoms with Crippen LogP contribution in [0.2, 0.25) is 0 Å². The van der Waals surface area contributed by atoms with Crippen molar-refractivity contribution in [2.45, 2.75) is 0 Å². The molecule has 0 spiro atoms. The molecule has 1 rings (SSSR count). The number of hydrogen-bond donors (Lipinski definition) is 2. The number of alkyl halides is 1. The Balaban J connectivity index is 2.42. The van der Waals surface area contributed by atoms with Crippen molar-refractivity contribution in [2.24, 2.45) is 0 Å². The Bertz CT molecular complexity index is 224. The molecule has 0 radical (unpaired) electrons. The topological polar surface area (TPSA) is 41.5 Å². The first-order valence-electron chi connectivity index (χ1n) is 4.50. The van der Waals surface area contributed by atoms with Gasteiger partial charge >= 0.3 is 0 Å². The normalized spacial score (nSPS) is 9.86. The maximum Gasteiger partial charge on any atom is 0.119 e. The minimum atomic E-state index is 0.0340. The maximum atomic E-state index is 8.55. The van der Waals surface area contributed by atoms with E-state index in [1.165, 1.54) is 0 Å². The van der Waals surface area contributed by atoms with Crippen molar-refractivity contribution in [3.05, 3.63) is 24.3 Å². The maximum absolute atomic E-state index is 8.55. The van der Waals surface area contributed by atoms with Crippen LogP contribution in [-0.2, 0) is 0 Å². The third-order valence-corrected chi connectivity index (χ3v) is 1.83. The van der Waals surface area contributed by atoms with E-state index in [0.717, 1.165) is 18.0 Å². The molecule has 0 fully saturated rings. The quantitative estimate of drug-likeness (QED) is 0.710. The smallest absolute Gasteiger partial charge is 0.119 e. The predicted molar refractivity (Wildman–Crippen MR) is 58.2 cm³/mol. The van der Waals surface area contributed by atoms with Crippen LogP contribution in [0.3, 0.4) is 0 Å². The predicted octanol–water partition coefficient (Wildman–Crippen LogP) is 1.71. The van der Waals surface area contributed by atoms with E-state index in [9.17, 15) is 0 Å². The van der Waals surface area contributed by atoms with Gasteiger partial charge in [0.25, 0.3) is 0 Å². The Hall–Kier alpha value is -0.930. The van der Waals surface area contributed by atoms with Crippen LogP contribution < -0.4 is 10.1 Å². The molecule has 1 aromatic rings. The van der Waals surface area contributed by atoms with Gasteiger partial charge in [-0.3, -0.25) is 0 Å². The van der Waals surface area contributed by atoms with Gasteiger partial charge in [-0.25, -0.2) is 0 Å². The number of aliphatic hydroxyl groups excluding tert-OH is 1. The molecule has 0 unspecified atom stereocenters. The van der Waals surface area contributed by atoms with Crippen LogP contribution >= 0.6 is 11.6 Å². The molecular weight excluding hydrogens is 202 g/mol. The second-order valence-electron chi connectivity index (χ2n) is 2.71. The highest BCUT2D eigenvalue weighted by Crippen LogP contribution is 2.15. The van der Waals surface area contributed by atoms with E-state index in [4.69, 9.17) is 21.4 Å². The Labute approximate surface area is 88.7 Å². The SMILES string of the molecule is OCCOc1ccc(NCCCl)cc1. The minimum absolute atomic E-state index is 0.0340. The summed E-state index contributed by atoms with van der Waals surface area (Å²) in [5.41, 5.74) is 1.02. The summed E-state index contributed by atoms with van der Waals surface area (Å²) in [6, 6.07) is 7.54. The minimum Gasteiger partial charge on any atom is -0.491 e. The van der Waals surface area contributed by atoms with Crippen LogP contribution in [0.15, 0.2) is 24.3 Å². The molecule has 0 amide bonds. The van der Waals surface area contributed by atoms with E-state index < -0.39 is 0 Å². The molecule has 3 nitrogen and oxygen atoms in total. The number of anilines is 1. The second kappa shape index (κ2) is 6.51. The zero-order chi connectivity index (χ0) is 10.2. The van der Waals surface area contributed by atoms with E-state index >= 15 is 0 Å². The standard InChI is InChI=1S/C10H14ClNO2/c11-5-6-12-9-1-3-10(4-2-9)14-8-7-13/h1-4,12-13H,5-8H2. The van der Waals surface area contributed by atoms with E-state index in [0.29, 0.717) is 12.5 Å². The highest BCUT2D eigenvalue weighted by Gasteiger charge is 1.93. The number of nitrogens with one attached hydrogen (secondary N) is 1. The second-order valence-corrected chi connectivity index (χ2v) is 3.09. The lowest BCUT2D eigenvalue weighted by atomic mass is 10.3. The van der Waals surface area contributed by atoms with Gasteiger partial charge in [0.1, 0.15) is 12.4 Å². The fraction of sp³-hybridized carbons (Fsp3) is 0.400. The molecule has 0 bridgehead atoms. The summed E-state index contributed by atoms with van der Waals surface area (Å²) >= 11 is 5.54. The van der Waals surface area contributed by atoms with E-state index in [1.54, 1.807) is 0 Å². The molecular formula is C10H14ClNO2. The molecule has 14 heavy (non-hydrogen) atoms. The highest BCUT2D eigenvalue weighted by atomic mass is 35.5. The average Bonchev–Trinajstić information content (AvgIpc) is 2.25. The van der Waals surface area contributed by atoms with Crippen LogP contribution in [0.25, 0.3) is 0 Å². The van der Waals surface area contributed by atoms with Gasteiger partial charge in [0.2, 0.25) is 0 Å². The fourth-order valence-electron chi connectivity index (χ4n) is 1.02. The lowest BCUT2D eigenvalue weighted by molar-refractivity contribution is 0.201. The van der Waals surface area contributed by atoms with Crippen molar-refractivity contribution < 1.29 is 9.84 Å². The van der Waals surface area contributed by atoms with E-state index in [-0.39, 0.29) is 6.61 Å². The molecule has 2 N–H and O–H groups in total. The van der Waals surface area contributed by atoms with Crippen molar-refractivity contribution in [2.75, 3.05) is 31.0 Å². The summed E-state index contributed by atoms with van der Waals surface area (Å²) in [5.74, 6) is 1.35. The number of hydrogen-bond acceptors (Lipinski definition) is 3. The van der Waals surface area contributed by atoms with Crippen molar-refractivity contribution in [1.29, 1.82) is 0 Å². The van der Waals surface area contributed by atoms with Crippen molar-refractivity contribution in [3.63, 3.8) is 0 Å². The monoisotopic (exact) mass is 215 g/mol. The molecule has 0 aromatic heterocycles. The number of benzene rings is 1. The van der Waals surface area contributed by atoms with Gasteiger partial charge in [-0.05, 0) is 24.3 Å². The van der Waals surface area contributed by atoms with Gasteiger partial charge in [0.15, 0.2) is 0 Å². The summed E-state index contributed by atoms with van der Waals surface area (Å²) in [4.78, 5) is 0. The molecule has 0 saturated carbocycles. The summed E-state index contributed by atoms with van der Waals surface area (Å²) in [5, 5.41) is 11.7. The molecule has 0 aliphatic heterocycles. The summed E-state index contributed by atoms with van der Waals surface area (Å²) in [6.07, 6.45) is 0. The summed E-state index contributed by atoms with van der Waals surface area (Å²) in [7, 11) is 0. The molecule has 1 aromatic carbocycles. The fourth-order valence-corrected chi connectivity index (χ4v) is 1.12. The first-order valence-corrected chi connectivity index (χ1v) is 5.04. The van der Waals surface area contributed by atoms with Crippen LogP contribution in [0.4, 0.5) is 5.69 Å². The number of halogens is 1. The van der Waals surface area contributed by atoms with Crippen molar-refractivity contribution in [3.8, 4) is 5.75 Å². The van der Waals surface area contributed by atoms with Crippen LogP contribution in [0, 0.1) is 0 Å². The summed E-state index contributed by atoms with van der Waals surface area (Å²) < 4.78 is 5.21. The Morgan fingerprint density at radius 1 is 1.29 bits per heavy atom. The molecule has 0 aliphatic rings. The van der Waals surface area contributed by atoms with Gasteiger partial charge in [0, 0.05) is 18.1 Å². The highest BCUT2D eigenvalue weighted by molar-refractivity contribution is 6.18. The van der Waals surface area contributed by atoms with Gasteiger partial charge in [0.05, 0.1) is 6.61 Å². The Kier molecular flexibility index (Phi) is 5.19. The Morgan fingerprint density at radius 2 is 2.00 bits per heavy atom. The lowest BCUT2D eigenvalue weighted by Crippen LogP contribution is -2.03. The number of ether oxygens (including phenoxy) is 1. The summed E-state index contributed by atoms with van der Waals surface area (Å²) in [6.45, 7) is 1.11. The molecule has 0 atom stereocenters. The van der Waals surface area contributed by atoms with E-state index in [2.05, 4.69) is 5.32 Å². The largest absolute Gasteiger partial charge is 0.491 e. The lowest BCUT2D eigenvalue weighted by Gasteiger charge is -2.06. The first kappa shape index (κ1) is 11.1.